The Morgan fingerprint density at radius 2 is 1.71 bits per heavy atom. The molecule has 31 heavy (non-hydrogen) atoms. The van der Waals surface area contributed by atoms with E-state index in [-0.39, 0.29) is 16.3 Å². The second-order valence-corrected chi connectivity index (χ2v) is 6.43. The number of non-ortho nitro benzene ring substituents is 1. The third-order valence-corrected chi connectivity index (χ3v) is 4.30. The van der Waals surface area contributed by atoms with Gasteiger partial charge in [-0.25, -0.2) is 4.79 Å². The zero-order valence-corrected chi connectivity index (χ0v) is 16.4. The van der Waals surface area contributed by atoms with E-state index in [2.05, 4.69) is 10.5 Å². The molecule has 156 valence electrons. The number of nitrogens with one attached hydrogen (secondary N) is 1. The number of anilines is 1. The molecule has 0 saturated heterocycles. The van der Waals surface area contributed by atoms with Gasteiger partial charge in [0.05, 0.1) is 32.7 Å². The Morgan fingerprint density at radius 1 is 1.00 bits per heavy atom. The van der Waals surface area contributed by atoms with Gasteiger partial charge in [0, 0.05) is 6.07 Å². The SMILES string of the molecule is O=C(Oc1ccc(/C=N\Nc2ccc([N+](=O)[O-])cc2[N+](=O)[O-])cc1)c1ccccc1Cl. The maximum absolute atomic E-state index is 12.2. The molecule has 0 aromatic heterocycles. The summed E-state index contributed by atoms with van der Waals surface area (Å²) in [6, 6.07) is 16.0. The highest BCUT2D eigenvalue weighted by Gasteiger charge is 2.19. The number of halogens is 1. The average Bonchev–Trinajstić information content (AvgIpc) is 2.75. The molecule has 0 saturated carbocycles. The molecule has 1 N–H and O–H groups in total. The fourth-order valence-electron chi connectivity index (χ4n) is 2.47. The number of hydrogen-bond acceptors (Lipinski definition) is 8. The van der Waals surface area contributed by atoms with Crippen LogP contribution in [0, 0.1) is 20.2 Å². The van der Waals surface area contributed by atoms with Gasteiger partial charge in [0.25, 0.3) is 5.69 Å². The molecule has 0 aliphatic carbocycles. The number of ether oxygens (including phenoxy) is 1. The van der Waals surface area contributed by atoms with Gasteiger partial charge in [-0.1, -0.05) is 23.7 Å². The van der Waals surface area contributed by atoms with Gasteiger partial charge in [-0.15, -0.1) is 0 Å². The fourth-order valence-corrected chi connectivity index (χ4v) is 2.68. The van der Waals surface area contributed by atoms with E-state index in [0.717, 1.165) is 12.1 Å². The Bertz CT molecular complexity index is 1180. The Morgan fingerprint density at radius 3 is 2.35 bits per heavy atom. The summed E-state index contributed by atoms with van der Waals surface area (Å²) < 4.78 is 5.27. The van der Waals surface area contributed by atoms with Crippen LogP contribution in [0.1, 0.15) is 15.9 Å². The molecule has 11 heteroatoms. The quantitative estimate of drug-likeness (QED) is 0.183. The van der Waals surface area contributed by atoms with Crippen molar-refractivity contribution >= 4 is 40.8 Å². The number of carbonyl (C=O) groups is 1. The van der Waals surface area contributed by atoms with Crippen LogP contribution in [0.5, 0.6) is 5.75 Å². The van der Waals surface area contributed by atoms with Crippen molar-refractivity contribution in [3.05, 3.63) is 103 Å². The third-order valence-electron chi connectivity index (χ3n) is 3.97. The van der Waals surface area contributed by atoms with Crippen LogP contribution < -0.4 is 10.2 Å². The summed E-state index contributed by atoms with van der Waals surface area (Å²) >= 11 is 5.97. The molecule has 0 unspecified atom stereocenters. The molecular weight excluding hydrogens is 428 g/mol. The molecule has 3 aromatic carbocycles. The van der Waals surface area contributed by atoms with Crippen LogP contribution in [0.4, 0.5) is 17.1 Å². The number of esters is 1. The van der Waals surface area contributed by atoms with Crippen LogP contribution in [0.2, 0.25) is 5.02 Å². The van der Waals surface area contributed by atoms with Gasteiger partial charge in [0.15, 0.2) is 0 Å². The first-order chi connectivity index (χ1) is 14.8. The molecule has 0 spiro atoms. The Balaban J connectivity index is 1.66. The standard InChI is InChI=1S/C20H13ClN4O6/c21-17-4-2-1-3-16(17)20(26)31-15-8-5-13(6-9-15)12-22-23-18-10-7-14(24(27)28)11-19(18)25(29)30/h1-12,23H/b22-12-. The van der Waals surface area contributed by atoms with Crippen LogP contribution in [0.25, 0.3) is 0 Å². The van der Waals surface area contributed by atoms with Crippen molar-refractivity contribution in [2.75, 3.05) is 5.43 Å². The summed E-state index contributed by atoms with van der Waals surface area (Å²) in [4.78, 5) is 32.6. The first-order valence-corrected chi connectivity index (χ1v) is 9.01. The van der Waals surface area contributed by atoms with E-state index in [1.807, 2.05) is 0 Å². The number of rotatable bonds is 7. The molecule has 3 aromatic rings. The summed E-state index contributed by atoms with van der Waals surface area (Å²) in [6.07, 6.45) is 1.38. The van der Waals surface area contributed by atoms with E-state index in [0.29, 0.717) is 11.3 Å². The number of nitro groups is 2. The van der Waals surface area contributed by atoms with Gasteiger partial charge in [-0.2, -0.15) is 5.10 Å². The Kier molecular flexibility index (Phi) is 6.53. The summed E-state index contributed by atoms with van der Waals surface area (Å²) in [5, 5.41) is 26.1. The molecule has 0 aliphatic heterocycles. The lowest BCUT2D eigenvalue weighted by molar-refractivity contribution is -0.393. The molecule has 0 heterocycles. The molecular formula is C20H13ClN4O6. The zero-order valence-electron chi connectivity index (χ0n) is 15.6. The molecule has 0 radical (unpaired) electrons. The molecule has 10 nitrogen and oxygen atoms in total. The van der Waals surface area contributed by atoms with Crippen molar-refractivity contribution < 1.29 is 19.4 Å². The lowest BCUT2D eigenvalue weighted by Gasteiger charge is -2.06. The van der Waals surface area contributed by atoms with Crippen LogP contribution in [-0.2, 0) is 0 Å². The summed E-state index contributed by atoms with van der Waals surface area (Å²) in [7, 11) is 0. The first kappa shape index (κ1) is 21.4. The van der Waals surface area contributed by atoms with Crippen molar-refractivity contribution in [3.63, 3.8) is 0 Å². The molecule has 0 bridgehead atoms. The predicted octanol–water partition coefficient (Wildman–Crippen LogP) is 4.82. The van der Waals surface area contributed by atoms with Crippen LogP contribution in [0.15, 0.2) is 71.8 Å². The maximum atomic E-state index is 12.2. The minimum absolute atomic E-state index is 0.00265. The fraction of sp³-hybridized carbons (Fsp3) is 0. The number of hydrogen-bond donors (Lipinski definition) is 1. The smallest absolute Gasteiger partial charge is 0.345 e. The molecule has 3 rings (SSSR count). The predicted molar refractivity (Wildman–Crippen MR) is 114 cm³/mol. The monoisotopic (exact) mass is 440 g/mol. The summed E-state index contributed by atoms with van der Waals surface area (Å²) in [5.41, 5.74) is 2.45. The second kappa shape index (κ2) is 9.46. The second-order valence-electron chi connectivity index (χ2n) is 6.02. The Hall–Kier alpha value is -4.31. The van der Waals surface area contributed by atoms with E-state index in [4.69, 9.17) is 16.3 Å². The number of nitro benzene ring substituents is 2. The largest absolute Gasteiger partial charge is 0.423 e. The van der Waals surface area contributed by atoms with Gasteiger partial charge >= 0.3 is 11.7 Å². The Labute approximate surface area is 180 Å². The lowest BCUT2D eigenvalue weighted by Crippen LogP contribution is -2.09. The van der Waals surface area contributed by atoms with Gasteiger partial charge < -0.3 is 4.74 Å². The van der Waals surface area contributed by atoms with E-state index in [1.165, 1.54) is 12.3 Å². The van der Waals surface area contributed by atoms with Crippen molar-refractivity contribution in [1.29, 1.82) is 0 Å². The van der Waals surface area contributed by atoms with E-state index in [1.54, 1.807) is 48.5 Å². The van der Waals surface area contributed by atoms with Crippen LogP contribution >= 0.6 is 11.6 Å². The van der Waals surface area contributed by atoms with Gasteiger partial charge in [-0.3, -0.25) is 25.7 Å². The van der Waals surface area contributed by atoms with Gasteiger partial charge in [0.1, 0.15) is 11.4 Å². The molecule has 0 amide bonds. The lowest BCUT2D eigenvalue weighted by atomic mass is 10.2. The number of carbonyl (C=O) groups excluding carboxylic acids is 1. The number of hydrazone groups is 1. The highest BCUT2D eigenvalue weighted by molar-refractivity contribution is 6.33. The third kappa shape index (κ3) is 5.40. The van der Waals surface area contributed by atoms with Crippen molar-refractivity contribution in [2.45, 2.75) is 0 Å². The molecule has 0 atom stereocenters. The van der Waals surface area contributed by atoms with E-state index >= 15 is 0 Å². The topological polar surface area (TPSA) is 137 Å². The summed E-state index contributed by atoms with van der Waals surface area (Å²) in [5.74, 6) is -0.305. The van der Waals surface area contributed by atoms with Crippen LogP contribution in [0.3, 0.4) is 0 Å². The minimum atomic E-state index is -0.743. The van der Waals surface area contributed by atoms with Gasteiger partial charge in [-0.05, 0) is 48.0 Å². The number of nitrogens with zero attached hydrogens (tertiary/aromatic N) is 3. The first-order valence-electron chi connectivity index (χ1n) is 8.64. The average molecular weight is 441 g/mol. The normalized spacial score (nSPS) is 10.6. The summed E-state index contributed by atoms with van der Waals surface area (Å²) in [6.45, 7) is 0. The van der Waals surface area contributed by atoms with Crippen molar-refractivity contribution in [2.24, 2.45) is 5.10 Å². The zero-order chi connectivity index (χ0) is 22.4. The highest BCUT2D eigenvalue weighted by atomic mass is 35.5. The highest BCUT2D eigenvalue weighted by Crippen LogP contribution is 2.28. The van der Waals surface area contributed by atoms with Crippen LogP contribution in [-0.4, -0.2) is 22.0 Å². The molecule has 0 aliphatic rings. The van der Waals surface area contributed by atoms with E-state index < -0.39 is 27.2 Å². The van der Waals surface area contributed by atoms with Crippen molar-refractivity contribution in [1.82, 2.24) is 0 Å². The maximum Gasteiger partial charge on any atom is 0.345 e. The number of benzene rings is 3. The van der Waals surface area contributed by atoms with Crippen molar-refractivity contribution in [3.8, 4) is 5.75 Å². The minimum Gasteiger partial charge on any atom is -0.423 e. The molecule has 0 fully saturated rings. The van der Waals surface area contributed by atoms with E-state index in [9.17, 15) is 25.0 Å². The van der Waals surface area contributed by atoms with Gasteiger partial charge in [0.2, 0.25) is 0 Å².